The van der Waals surface area contributed by atoms with E-state index in [4.69, 9.17) is 0 Å². The number of rotatable bonds is 3. The third-order valence-corrected chi connectivity index (χ3v) is 5.27. The van der Waals surface area contributed by atoms with E-state index in [9.17, 15) is 18.0 Å². The SMILES string of the molecule is CC(C)S(=O)(=O)c1ccccc1N1CC(=O)CC1=O. The highest BCUT2D eigenvalue weighted by Crippen LogP contribution is 2.30. The molecule has 0 aromatic heterocycles. The highest BCUT2D eigenvalue weighted by Gasteiger charge is 2.33. The molecule has 0 aliphatic carbocycles. The zero-order valence-corrected chi connectivity index (χ0v) is 11.6. The second-order valence-electron chi connectivity index (χ2n) is 4.76. The summed E-state index contributed by atoms with van der Waals surface area (Å²) >= 11 is 0. The summed E-state index contributed by atoms with van der Waals surface area (Å²) in [6.45, 7) is 3.12. The molecule has 1 amide bonds. The van der Waals surface area contributed by atoms with Crippen LogP contribution in [-0.2, 0) is 19.4 Å². The number of hydrogen-bond acceptors (Lipinski definition) is 4. The Morgan fingerprint density at radius 2 is 1.79 bits per heavy atom. The Hall–Kier alpha value is -1.69. The lowest BCUT2D eigenvalue weighted by Crippen LogP contribution is -2.27. The molecular weight excluding hydrogens is 266 g/mol. The number of carbonyl (C=O) groups is 2. The summed E-state index contributed by atoms with van der Waals surface area (Å²) < 4.78 is 24.5. The maximum absolute atomic E-state index is 12.3. The first kappa shape index (κ1) is 13.7. The average Bonchev–Trinajstić information content (AvgIpc) is 2.68. The van der Waals surface area contributed by atoms with Crippen LogP contribution in [0.4, 0.5) is 5.69 Å². The topological polar surface area (TPSA) is 71.5 Å². The lowest BCUT2D eigenvalue weighted by atomic mass is 10.3. The molecule has 0 unspecified atom stereocenters. The molecule has 6 heteroatoms. The Kier molecular flexibility index (Phi) is 3.45. The first-order valence-corrected chi connectivity index (χ1v) is 7.53. The van der Waals surface area contributed by atoms with Crippen LogP contribution in [0.25, 0.3) is 0 Å². The van der Waals surface area contributed by atoms with E-state index >= 15 is 0 Å². The molecule has 0 radical (unpaired) electrons. The first-order chi connectivity index (χ1) is 8.84. The van der Waals surface area contributed by atoms with Crippen molar-refractivity contribution in [1.29, 1.82) is 0 Å². The fourth-order valence-electron chi connectivity index (χ4n) is 1.98. The summed E-state index contributed by atoms with van der Waals surface area (Å²) in [6.07, 6.45) is -0.157. The number of sulfone groups is 1. The fourth-order valence-corrected chi connectivity index (χ4v) is 3.22. The molecule has 1 fully saturated rings. The number of hydrogen-bond donors (Lipinski definition) is 0. The number of Topliss-reactive ketones (excluding diaryl/α,β-unsaturated/α-hetero) is 1. The van der Waals surface area contributed by atoms with Gasteiger partial charge in [-0.3, -0.25) is 9.59 Å². The van der Waals surface area contributed by atoms with Crippen LogP contribution < -0.4 is 4.90 Å². The summed E-state index contributed by atoms with van der Waals surface area (Å²) in [5.74, 6) is -0.543. The normalized spacial score (nSPS) is 16.5. The second kappa shape index (κ2) is 4.77. The minimum Gasteiger partial charge on any atom is -0.303 e. The Balaban J connectivity index is 2.55. The van der Waals surface area contributed by atoms with Crippen molar-refractivity contribution < 1.29 is 18.0 Å². The van der Waals surface area contributed by atoms with E-state index in [-0.39, 0.29) is 29.6 Å². The van der Waals surface area contributed by atoms with Crippen LogP contribution in [0.15, 0.2) is 29.2 Å². The van der Waals surface area contributed by atoms with E-state index in [0.717, 1.165) is 0 Å². The van der Waals surface area contributed by atoms with Crippen molar-refractivity contribution in [3.63, 3.8) is 0 Å². The molecule has 0 spiro atoms. The van der Waals surface area contributed by atoms with Crippen LogP contribution in [0.1, 0.15) is 20.3 Å². The van der Waals surface area contributed by atoms with Crippen LogP contribution in [0.3, 0.4) is 0 Å². The highest BCUT2D eigenvalue weighted by atomic mass is 32.2. The van der Waals surface area contributed by atoms with E-state index in [1.54, 1.807) is 32.0 Å². The van der Waals surface area contributed by atoms with Crippen molar-refractivity contribution in [3.05, 3.63) is 24.3 Å². The van der Waals surface area contributed by atoms with Gasteiger partial charge < -0.3 is 4.90 Å². The van der Waals surface area contributed by atoms with Crippen LogP contribution in [0, 0.1) is 0 Å². The Morgan fingerprint density at radius 3 is 2.32 bits per heavy atom. The minimum atomic E-state index is -3.49. The van der Waals surface area contributed by atoms with Crippen molar-refractivity contribution in [3.8, 4) is 0 Å². The third kappa shape index (κ3) is 2.40. The van der Waals surface area contributed by atoms with Gasteiger partial charge in [-0.05, 0) is 26.0 Å². The standard InChI is InChI=1S/C13H15NO4S/c1-9(2)19(17,18)12-6-4-3-5-11(12)14-8-10(15)7-13(14)16/h3-6,9H,7-8H2,1-2H3. The smallest absolute Gasteiger partial charge is 0.234 e. The number of anilines is 1. The minimum absolute atomic E-state index is 0.0521. The van der Waals surface area contributed by atoms with Crippen molar-refractivity contribution in [2.24, 2.45) is 0 Å². The van der Waals surface area contributed by atoms with E-state index < -0.39 is 15.1 Å². The summed E-state index contributed by atoms with van der Waals surface area (Å²) in [7, 11) is -3.49. The van der Waals surface area contributed by atoms with E-state index in [1.165, 1.54) is 11.0 Å². The van der Waals surface area contributed by atoms with Crippen LogP contribution in [0.5, 0.6) is 0 Å². The number of amides is 1. The van der Waals surface area contributed by atoms with Gasteiger partial charge in [-0.15, -0.1) is 0 Å². The maximum Gasteiger partial charge on any atom is 0.234 e. The molecular formula is C13H15NO4S. The molecule has 2 rings (SSSR count). The molecule has 0 bridgehead atoms. The van der Waals surface area contributed by atoms with Gasteiger partial charge in [-0.2, -0.15) is 0 Å². The quantitative estimate of drug-likeness (QED) is 0.780. The maximum atomic E-state index is 12.3. The zero-order valence-electron chi connectivity index (χ0n) is 10.8. The summed E-state index contributed by atoms with van der Waals surface area (Å²) in [4.78, 5) is 24.4. The molecule has 1 saturated heterocycles. The van der Waals surface area contributed by atoms with Gasteiger partial charge in [0.15, 0.2) is 15.6 Å². The molecule has 1 aromatic carbocycles. The summed E-state index contributed by atoms with van der Waals surface area (Å²) in [5.41, 5.74) is 0.298. The predicted octanol–water partition coefficient (Wildman–Crippen LogP) is 1.17. The molecule has 1 aliphatic rings. The predicted molar refractivity (Wildman–Crippen MR) is 70.7 cm³/mol. The van der Waals surface area contributed by atoms with Crippen LogP contribution in [-0.4, -0.2) is 31.9 Å². The van der Waals surface area contributed by atoms with Crippen LogP contribution in [0.2, 0.25) is 0 Å². The van der Waals surface area contributed by atoms with Crippen molar-refractivity contribution in [1.82, 2.24) is 0 Å². The highest BCUT2D eigenvalue weighted by molar-refractivity contribution is 7.92. The number of benzene rings is 1. The molecule has 0 atom stereocenters. The third-order valence-electron chi connectivity index (χ3n) is 3.07. The molecule has 102 valence electrons. The molecule has 1 heterocycles. The summed E-state index contributed by atoms with van der Waals surface area (Å²) in [5, 5.41) is -0.581. The zero-order chi connectivity index (χ0) is 14.2. The van der Waals surface area contributed by atoms with E-state index in [2.05, 4.69) is 0 Å². The molecule has 1 aromatic rings. The second-order valence-corrected chi connectivity index (χ2v) is 7.23. The van der Waals surface area contributed by atoms with Crippen molar-refractivity contribution in [2.45, 2.75) is 30.4 Å². The van der Waals surface area contributed by atoms with Gasteiger partial charge in [0.05, 0.1) is 28.8 Å². The Labute approximate surface area is 112 Å². The molecule has 1 aliphatic heterocycles. The number of carbonyl (C=O) groups excluding carboxylic acids is 2. The van der Waals surface area contributed by atoms with E-state index in [0.29, 0.717) is 5.69 Å². The van der Waals surface area contributed by atoms with Gasteiger partial charge in [-0.1, -0.05) is 12.1 Å². The average molecular weight is 281 g/mol. The van der Waals surface area contributed by atoms with E-state index in [1.807, 2.05) is 0 Å². The van der Waals surface area contributed by atoms with Gasteiger partial charge in [0.2, 0.25) is 5.91 Å². The van der Waals surface area contributed by atoms with Gasteiger partial charge in [0.1, 0.15) is 0 Å². The van der Waals surface area contributed by atoms with Gasteiger partial charge in [-0.25, -0.2) is 8.42 Å². The largest absolute Gasteiger partial charge is 0.303 e. The van der Waals surface area contributed by atoms with Crippen molar-refractivity contribution >= 4 is 27.2 Å². The molecule has 0 N–H and O–H groups in total. The Morgan fingerprint density at radius 1 is 1.16 bits per heavy atom. The van der Waals surface area contributed by atoms with Crippen LogP contribution >= 0.6 is 0 Å². The number of ketones is 1. The molecule has 19 heavy (non-hydrogen) atoms. The first-order valence-electron chi connectivity index (χ1n) is 5.99. The lowest BCUT2D eigenvalue weighted by Gasteiger charge is -2.19. The van der Waals surface area contributed by atoms with Gasteiger partial charge in [0, 0.05) is 0 Å². The molecule has 5 nitrogen and oxygen atoms in total. The van der Waals surface area contributed by atoms with Gasteiger partial charge in [0.25, 0.3) is 0 Å². The summed E-state index contributed by atoms with van der Waals surface area (Å²) in [6, 6.07) is 6.30. The molecule has 0 saturated carbocycles. The van der Waals surface area contributed by atoms with Gasteiger partial charge >= 0.3 is 0 Å². The number of para-hydroxylation sites is 1. The monoisotopic (exact) mass is 281 g/mol. The fraction of sp³-hybridized carbons (Fsp3) is 0.385. The lowest BCUT2D eigenvalue weighted by molar-refractivity contribution is -0.121. The van der Waals surface area contributed by atoms with Crippen molar-refractivity contribution in [2.75, 3.05) is 11.4 Å². The number of nitrogens with zero attached hydrogens (tertiary/aromatic N) is 1. The Bertz CT molecular complexity index is 634.